The van der Waals surface area contributed by atoms with Crippen molar-refractivity contribution in [1.82, 2.24) is 14.8 Å². The van der Waals surface area contributed by atoms with Crippen LogP contribution in [-0.4, -0.2) is 27.2 Å². The highest BCUT2D eigenvalue weighted by Crippen LogP contribution is 2.28. The number of hydrogen-bond acceptors (Lipinski definition) is 4. The van der Waals surface area contributed by atoms with Crippen molar-refractivity contribution < 1.29 is 18.3 Å². The lowest BCUT2D eigenvalue weighted by Gasteiger charge is -2.23. The minimum absolute atomic E-state index is 0.240. The minimum atomic E-state index is -0.660. The standard InChI is InChI=1S/C18H15F2N3O2/c19-15-7-5-12(10-21-15)17(24)11-4-6-14-13(9-11)18(20)22-23(14)16-3-1-2-8-25-16/h4-7,9-10,16H,1-3,8H2. The summed E-state index contributed by atoms with van der Waals surface area (Å²) in [7, 11) is 0. The van der Waals surface area contributed by atoms with Gasteiger partial charge >= 0.3 is 0 Å². The Labute approximate surface area is 142 Å². The van der Waals surface area contributed by atoms with E-state index in [-0.39, 0.29) is 23.0 Å². The van der Waals surface area contributed by atoms with Gasteiger partial charge in [-0.05, 0) is 49.6 Å². The van der Waals surface area contributed by atoms with Crippen molar-refractivity contribution in [3.8, 4) is 0 Å². The molecule has 5 nitrogen and oxygen atoms in total. The topological polar surface area (TPSA) is 57.0 Å². The summed E-state index contributed by atoms with van der Waals surface area (Å²) in [6.07, 6.45) is 3.64. The number of carbonyl (C=O) groups is 1. The summed E-state index contributed by atoms with van der Waals surface area (Å²) < 4.78 is 34.4. The second-order valence-electron chi connectivity index (χ2n) is 5.99. The third-order valence-corrected chi connectivity index (χ3v) is 4.34. The largest absolute Gasteiger partial charge is 0.356 e. The first-order valence-corrected chi connectivity index (χ1v) is 8.09. The van der Waals surface area contributed by atoms with Crippen LogP contribution in [0.25, 0.3) is 10.9 Å². The maximum Gasteiger partial charge on any atom is 0.240 e. The highest BCUT2D eigenvalue weighted by atomic mass is 19.1. The van der Waals surface area contributed by atoms with Crippen molar-refractivity contribution in [2.75, 3.05) is 6.61 Å². The predicted molar refractivity (Wildman–Crippen MR) is 86.2 cm³/mol. The van der Waals surface area contributed by atoms with Gasteiger partial charge in [-0.25, -0.2) is 9.67 Å². The normalized spacial score (nSPS) is 17.8. The van der Waals surface area contributed by atoms with Gasteiger partial charge in [0.25, 0.3) is 0 Å². The molecule has 0 N–H and O–H groups in total. The molecule has 1 saturated heterocycles. The molecule has 1 atom stereocenters. The molecule has 1 aliphatic heterocycles. The maximum absolute atomic E-state index is 14.3. The number of carbonyl (C=O) groups excluding carboxylic acids is 1. The molecule has 4 rings (SSSR count). The zero-order valence-corrected chi connectivity index (χ0v) is 13.3. The minimum Gasteiger partial charge on any atom is -0.356 e. The molecule has 1 aromatic carbocycles. The van der Waals surface area contributed by atoms with E-state index in [1.54, 1.807) is 12.1 Å². The fourth-order valence-electron chi connectivity index (χ4n) is 3.06. The van der Waals surface area contributed by atoms with Crippen molar-refractivity contribution in [2.24, 2.45) is 0 Å². The van der Waals surface area contributed by atoms with Gasteiger partial charge < -0.3 is 4.74 Å². The van der Waals surface area contributed by atoms with E-state index in [4.69, 9.17) is 4.74 Å². The molecule has 1 unspecified atom stereocenters. The lowest BCUT2D eigenvalue weighted by atomic mass is 10.0. The van der Waals surface area contributed by atoms with Gasteiger partial charge in [-0.1, -0.05) is 0 Å². The van der Waals surface area contributed by atoms with E-state index in [9.17, 15) is 13.6 Å². The van der Waals surface area contributed by atoms with Crippen LogP contribution < -0.4 is 0 Å². The van der Waals surface area contributed by atoms with E-state index in [0.717, 1.165) is 31.5 Å². The molecule has 0 saturated carbocycles. The highest BCUT2D eigenvalue weighted by Gasteiger charge is 2.22. The van der Waals surface area contributed by atoms with Crippen molar-refractivity contribution in [1.29, 1.82) is 0 Å². The third-order valence-electron chi connectivity index (χ3n) is 4.34. The van der Waals surface area contributed by atoms with Gasteiger partial charge in [-0.15, -0.1) is 5.10 Å². The molecule has 128 valence electrons. The lowest BCUT2D eigenvalue weighted by molar-refractivity contribution is -0.0375. The lowest BCUT2D eigenvalue weighted by Crippen LogP contribution is -2.19. The van der Waals surface area contributed by atoms with Crippen LogP contribution >= 0.6 is 0 Å². The summed E-state index contributed by atoms with van der Waals surface area (Å²) in [4.78, 5) is 16.0. The number of pyridine rings is 1. The van der Waals surface area contributed by atoms with Crippen LogP contribution in [0.1, 0.15) is 41.4 Å². The van der Waals surface area contributed by atoms with Crippen LogP contribution in [0.15, 0.2) is 36.5 Å². The molecule has 7 heteroatoms. The molecule has 1 aliphatic rings. The Kier molecular flexibility index (Phi) is 4.01. The SMILES string of the molecule is O=C(c1ccc(F)nc1)c1ccc2c(c1)c(F)nn2C1CCCCO1. The summed E-state index contributed by atoms with van der Waals surface area (Å²) in [6.45, 7) is 0.627. The van der Waals surface area contributed by atoms with Crippen LogP contribution in [0.4, 0.5) is 8.78 Å². The molecule has 3 heterocycles. The van der Waals surface area contributed by atoms with Crippen molar-refractivity contribution in [3.63, 3.8) is 0 Å². The molecular formula is C18H15F2N3O2. The first-order chi connectivity index (χ1) is 12.1. The van der Waals surface area contributed by atoms with E-state index >= 15 is 0 Å². The third kappa shape index (κ3) is 2.91. The average molecular weight is 343 g/mol. The van der Waals surface area contributed by atoms with Crippen LogP contribution in [0.5, 0.6) is 0 Å². The Hall–Kier alpha value is -2.67. The van der Waals surface area contributed by atoms with Gasteiger partial charge in [-0.3, -0.25) is 4.79 Å². The number of fused-ring (bicyclic) bond motifs is 1. The number of nitrogens with zero attached hydrogens (tertiary/aromatic N) is 3. The highest BCUT2D eigenvalue weighted by molar-refractivity contribution is 6.10. The Morgan fingerprint density at radius 1 is 1.16 bits per heavy atom. The zero-order chi connectivity index (χ0) is 17.4. The maximum atomic E-state index is 14.3. The summed E-state index contributed by atoms with van der Waals surface area (Å²) >= 11 is 0. The Morgan fingerprint density at radius 3 is 2.72 bits per heavy atom. The first kappa shape index (κ1) is 15.8. The van der Waals surface area contributed by atoms with E-state index < -0.39 is 11.9 Å². The average Bonchev–Trinajstić information content (AvgIpc) is 2.99. The van der Waals surface area contributed by atoms with E-state index in [2.05, 4.69) is 10.1 Å². The molecule has 0 radical (unpaired) electrons. The molecule has 0 spiro atoms. The van der Waals surface area contributed by atoms with Crippen molar-refractivity contribution >= 4 is 16.7 Å². The summed E-state index contributed by atoms with van der Waals surface area (Å²) in [5, 5.41) is 4.21. The molecule has 2 aromatic heterocycles. The summed E-state index contributed by atoms with van der Waals surface area (Å²) in [5.41, 5.74) is 1.12. The number of ether oxygens (including phenoxy) is 1. The molecule has 25 heavy (non-hydrogen) atoms. The van der Waals surface area contributed by atoms with Crippen molar-refractivity contribution in [2.45, 2.75) is 25.5 Å². The number of benzene rings is 1. The van der Waals surface area contributed by atoms with Gasteiger partial charge in [0.15, 0.2) is 12.0 Å². The first-order valence-electron chi connectivity index (χ1n) is 8.09. The van der Waals surface area contributed by atoms with Gasteiger partial charge in [0.05, 0.1) is 10.9 Å². The molecule has 0 aliphatic carbocycles. The van der Waals surface area contributed by atoms with Gasteiger partial charge in [0.1, 0.15) is 0 Å². The molecular weight excluding hydrogens is 328 g/mol. The van der Waals surface area contributed by atoms with Crippen LogP contribution in [-0.2, 0) is 4.74 Å². The number of rotatable bonds is 3. The molecule has 1 fully saturated rings. The van der Waals surface area contributed by atoms with E-state index in [1.165, 1.54) is 16.8 Å². The number of hydrogen-bond donors (Lipinski definition) is 0. The Morgan fingerprint density at radius 2 is 2.00 bits per heavy atom. The smallest absolute Gasteiger partial charge is 0.240 e. The summed E-state index contributed by atoms with van der Waals surface area (Å²) in [5.74, 6) is -1.65. The van der Waals surface area contributed by atoms with Gasteiger partial charge in [0.2, 0.25) is 11.9 Å². The monoisotopic (exact) mass is 343 g/mol. The second-order valence-corrected chi connectivity index (χ2v) is 5.99. The predicted octanol–water partition coefficient (Wildman–Crippen LogP) is 3.64. The second kappa shape index (κ2) is 6.33. The van der Waals surface area contributed by atoms with Crippen LogP contribution in [0, 0.1) is 11.9 Å². The van der Waals surface area contributed by atoms with Crippen molar-refractivity contribution in [3.05, 3.63) is 59.6 Å². The van der Waals surface area contributed by atoms with Crippen LogP contribution in [0.2, 0.25) is 0 Å². The number of halogens is 2. The summed E-state index contributed by atoms with van der Waals surface area (Å²) in [6, 6.07) is 7.19. The molecule has 0 bridgehead atoms. The van der Waals surface area contributed by atoms with Crippen LogP contribution in [0.3, 0.4) is 0 Å². The van der Waals surface area contributed by atoms with E-state index in [0.29, 0.717) is 17.7 Å². The molecule has 0 amide bonds. The van der Waals surface area contributed by atoms with Gasteiger partial charge in [-0.2, -0.15) is 8.78 Å². The number of aromatic nitrogens is 3. The Balaban J connectivity index is 1.72. The fraction of sp³-hybridized carbons (Fsp3) is 0.278. The quantitative estimate of drug-likeness (QED) is 0.538. The number of ketones is 1. The molecule has 3 aromatic rings. The van der Waals surface area contributed by atoms with E-state index in [1.807, 2.05) is 0 Å². The fourth-order valence-corrected chi connectivity index (χ4v) is 3.06. The Bertz CT molecular complexity index is 931. The zero-order valence-electron chi connectivity index (χ0n) is 13.3. The van der Waals surface area contributed by atoms with Gasteiger partial charge in [0, 0.05) is 23.9 Å².